The van der Waals surface area contributed by atoms with Gasteiger partial charge in [-0.1, -0.05) is 20.8 Å². The minimum Gasteiger partial charge on any atom is -0.465 e. The van der Waals surface area contributed by atoms with Crippen LogP contribution in [0.4, 0.5) is 9.59 Å². The van der Waals surface area contributed by atoms with Crippen molar-refractivity contribution in [3.05, 3.63) is 0 Å². The molecule has 0 heterocycles. The zero-order valence-corrected chi connectivity index (χ0v) is 9.52. The van der Waals surface area contributed by atoms with Crippen molar-refractivity contribution in [3.63, 3.8) is 0 Å². The van der Waals surface area contributed by atoms with Crippen LogP contribution in [0.2, 0.25) is 0 Å². The Morgan fingerprint density at radius 1 is 1.19 bits per heavy atom. The first kappa shape index (κ1) is 14.5. The van der Waals surface area contributed by atoms with Crippen molar-refractivity contribution in [1.82, 2.24) is 10.6 Å². The SMILES string of the molecule is CC(C)(C)C(O)C(CNC(=O)O)NC(=O)O. The third-order valence-electron chi connectivity index (χ3n) is 2.05. The van der Waals surface area contributed by atoms with E-state index < -0.39 is 29.7 Å². The van der Waals surface area contributed by atoms with E-state index >= 15 is 0 Å². The summed E-state index contributed by atoms with van der Waals surface area (Å²) in [7, 11) is 0. The van der Waals surface area contributed by atoms with Gasteiger partial charge in [-0.2, -0.15) is 0 Å². The Labute approximate surface area is 93.5 Å². The molecule has 5 N–H and O–H groups in total. The lowest BCUT2D eigenvalue weighted by molar-refractivity contribution is 0.0297. The molecular weight excluding hydrogens is 216 g/mol. The van der Waals surface area contributed by atoms with Crippen molar-refractivity contribution < 1.29 is 24.9 Å². The number of nitrogens with one attached hydrogen (secondary N) is 2. The van der Waals surface area contributed by atoms with Gasteiger partial charge < -0.3 is 26.0 Å². The second-order valence-electron chi connectivity index (χ2n) is 4.55. The summed E-state index contributed by atoms with van der Waals surface area (Å²) in [6.45, 7) is 5.01. The quantitative estimate of drug-likeness (QED) is 0.479. The highest BCUT2D eigenvalue weighted by atomic mass is 16.4. The molecule has 7 nitrogen and oxygen atoms in total. The van der Waals surface area contributed by atoms with Gasteiger partial charge in [-0.3, -0.25) is 0 Å². The average Bonchev–Trinajstić information content (AvgIpc) is 2.08. The summed E-state index contributed by atoms with van der Waals surface area (Å²) < 4.78 is 0. The van der Waals surface area contributed by atoms with Crippen LogP contribution in [0, 0.1) is 5.41 Å². The summed E-state index contributed by atoms with van der Waals surface area (Å²) in [4.78, 5) is 20.8. The normalized spacial score (nSPS) is 15.0. The van der Waals surface area contributed by atoms with Crippen LogP contribution in [0.25, 0.3) is 0 Å². The highest BCUT2D eigenvalue weighted by Gasteiger charge is 2.31. The van der Waals surface area contributed by atoms with E-state index in [1.165, 1.54) is 0 Å². The van der Waals surface area contributed by atoms with Crippen LogP contribution in [0.3, 0.4) is 0 Å². The Balaban J connectivity index is 4.53. The Bertz CT molecular complexity index is 261. The first-order valence-corrected chi connectivity index (χ1v) is 4.79. The molecular formula is C9H18N2O5. The molecule has 0 radical (unpaired) electrons. The molecule has 0 saturated carbocycles. The highest BCUT2D eigenvalue weighted by molar-refractivity contribution is 5.66. The standard InChI is InChI=1S/C9H18N2O5/c1-9(2,3)6(12)5(11-8(15)16)4-10-7(13)14/h5-6,10-12H,4H2,1-3H3,(H,13,14)(H,15,16). The van der Waals surface area contributed by atoms with E-state index in [0.717, 1.165) is 0 Å². The lowest BCUT2D eigenvalue weighted by Crippen LogP contribution is -2.53. The van der Waals surface area contributed by atoms with E-state index in [1.54, 1.807) is 20.8 Å². The van der Waals surface area contributed by atoms with E-state index in [9.17, 15) is 14.7 Å². The molecule has 2 unspecified atom stereocenters. The average molecular weight is 234 g/mol. The molecule has 2 atom stereocenters. The summed E-state index contributed by atoms with van der Waals surface area (Å²) in [6.07, 6.45) is -3.56. The molecule has 0 aliphatic carbocycles. The molecule has 2 amide bonds. The summed E-state index contributed by atoms with van der Waals surface area (Å²) in [5.74, 6) is 0. The van der Waals surface area contributed by atoms with E-state index in [1.807, 2.05) is 5.32 Å². The van der Waals surface area contributed by atoms with Crippen LogP contribution in [0.15, 0.2) is 0 Å². The first-order chi connectivity index (χ1) is 7.14. The maximum absolute atomic E-state index is 10.5. The maximum atomic E-state index is 10.5. The molecule has 0 spiro atoms. The highest BCUT2D eigenvalue weighted by Crippen LogP contribution is 2.21. The minimum atomic E-state index is -1.31. The van der Waals surface area contributed by atoms with Gasteiger partial charge in [0.25, 0.3) is 0 Å². The van der Waals surface area contributed by atoms with Crippen LogP contribution >= 0.6 is 0 Å². The predicted octanol–water partition coefficient (Wildman–Crippen LogP) is 0.297. The Hall–Kier alpha value is -1.50. The lowest BCUT2D eigenvalue weighted by Gasteiger charge is -2.32. The number of hydrogen-bond acceptors (Lipinski definition) is 3. The molecule has 0 rings (SSSR count). The fourth-order valence-corrected chi connectivity index (χ4v) is 1.20. The van der Waals surface area contributed by atoms with Crippen molar-refractivity contribution in [2.24, 2.45) is 5.41 Å². The van der Waals surface area contributed by atoms with Gasteiger partial charge in [0.05, 0.1) is 12.1 Å². The van der Waals surface area contributed by atoms with E-state index in [4.69, 9.17) is 10.2 Å². The van der Waals surface area contributed by atoms with Crippen molar-refractivity contribution in [3.8, 4) is 0 Å². The minimum absolute atomic E-state index is 0.180. The largest absolute Gasteiger partial charge is 0.465 e. The van der Waals surface area contributed by atoms with Crippen molar-refractivity contribution >= 4 is 12.2 Å². The van der Waals surface area contributed by atoms with Crippen LogP contribution < -0.4 is 10.6 Å². The number of aliphatic hydroxyl groups excluding tert-OH is 1. The molecule has 7 heteroatoms. The maximum Gasteiger partial charge on any atom is 0.405 e. The second-order valence-corrected chi connectivity index (χ2v) is 4.55. The number of carbonyl (C=O) groups is 2. The van der Waals surface area contributed by atoms with E-state index in [-0.39, 0.29) is 6.54 Å². The number of rotatable bonds is 4. The number of amides is 2. The predicted molar refractivity (Wildman–Crippen MR) is 56.4 cm³/mol. The second kappa shape index (κ2) is 5.55. The molecule has 94 valence electrons. The molecule has 0 aromatic rings. The fourth-order valence-electron chi connectivity index (χ4n) is 1.20. The van der Waals surface area contributed by atoms with Crippen molar-refractivity contribution in [2.75, 3.05) is 6.54 Å². The topological polar surface area (TPSA) is 119 Å². The van der Waals surface area contributed by atoms with Crippen LogP contribution in [-0.4, -0.2) is 46.2 Å². The zero-order chi connectivity index (χ0) is 12.9. The van der Waals surface area contributed by atoms with Gasteiger partial charge in [0.2, 0.25) is 0 Å². The summed E-state index contributed by atoms with van der Waals surface area (Å²) in [5, 5.41) is 30.9. The van der Waals surface area contributed by atoms with Crippen LogP contribution in [-0.2, 0) is 0 Å². The molecule has 0 fully saturated rings. The van der Waals surface area contributed by atoms with Gasteiger partial charge in [-0.15, -0.1) is 0 Å². The Morgan fingerprint density at radius 2 is 1.69 bits per heavy atom. The molecule has 0 saturated heterocycles. The third-order valence-corrected chi connectivity index (χ3v) is 2.05. The van der Waals surface area contributed by atoms with Crippen LogP contribution in [0.1, 0.15) is 20.8 Å². The van der Waals surface area contributed by atoms with Gasteiger partial charge in [-0.25, -0.2) is 9.59 Å². The molecule has 0 aromatic carbocycles. The molecule has 0 bridgehead atoms. The van der Waals surface area contributed by atoms with Gasteiger partial charge in [0, 0.05) is 6.54 Å². The van der Waals surface area contributed by atoms with Gasteiger partial charge in [0.15, 0.2) is 0 Å². The lowest BCUT2D eigenvalue weighted by atomic mass is 9.84. The first-order valence-electron chi connectivity index (χ1n) is 4.79. The molecule has 16 heavy (non-hydrogen) atoms. The number of hydrogen-bond donors (Lipinski definition) is 5. The number of aliphatic hydroxyl groups is 1. The molecule has 0 aliphatic heterocycles. The monoisotopic (exact) mass is 234 g/mol. The smallest absolute Gasteiger partial charge is 0.405 e. The summed E-state index contributed by atoms with van der Waals surface area (Å²) in [5.41, 5.74) is -0.548. The fraction of sp³-hybridized carbons (Fsp3) is 0.778. The Morgan fingerprint density at radius 3 is 2.00 bits per heavy atom. The van der Waals surface area contributed by atoms with Crippen LogP contribution in [0.5, 0.6) is 0 Å². The van der Waals surface area contributed by atoms with Gasteiger partial charge in [-0.05, 0) is 5.41 Å². The molecule has 0 aliphatic rings. The van der Waals surface area contributed by atoms with Crippen molar-refractivity contribution in [2.45, 2.75) is 32.9 Å². The van der Waals surface area contributed by atoms with E-state index in [2.05, 4.69) is 5.32 Å². The Kier molecular flexibility index (Phi) is 5.03. The van der Waals surface area contributed by atoms with Crippen molar-refractivity contribution in [1.29, 1.82) is 0 Å². The van der Waals surface area contributed by atoms with E-state index in [0.29, 0.717) is 0 Å². The summed E-state index contributed by atoms with van der Waals surface area (Å²) >= 11 is 0. The van der Waals surface area contributed by atoms with Gasteiger partial charge in [0.1, 0.15) is 0 Å². The zero-order valence-electron chi connectivity index (χ0n) is 9.52. The third kappa shape index (κ3) is 5.40. The number of carboxylic acid groups (broad SMARTS) is 2. The summed E-state index contributed by atoms with van der Waals surface area (Å²) in [6, 6.07) is -0.881. The van der Waals surface area contributed by atoms with Gasteiger partial charge >= 0.3 is 12.2 Å². The molecule has 0 aromatic heterocycles.